The fourth-order valence-electron chi connectivity index (χ4n) is 2.24. The van der Waals surface area contributed by atoms with Crippen LogP contribution in [0.3, 0.4) is 0 Å². The molecule has 4 heteroatoms. The summed E-state index contributed by atoms with van der Waals surface area (Å²) in [6.45, 7) is 4.21. The van der Waals surface area contributed by atoms with Gasteiger partial charge in [-0.25, -0.2) is 0 Å². The molecule has 19 heavy (non-hydrogen) atoms. The third-order valence-corrected chi connectivity index (χ3v) is 5.14. The highest BCUT2D eigenvalue weighted by Gasteiger charge is 2.20. The van der Waals surface area contributed by atoms with Gasteiger partial charge < -0.3 is 10.1 Å². The molecule has 0 spiro atoms. The van der Waals surface area contributed by atoms with E-state index in [-0.39, 0.29) is 6.04 Å². The van der Waals surface area contributed by atoms with Gasteiger partial charge in [0.05, 0.1) is 13.2 Å². The van der Waals surface area contributed by atoms with E-state index in [4.69, 9.17) is 4.74 Å². The van der Waals surface area contributed by atoms with Gasteiger partial charge in [0.1, 0.15) is 5.75 Å². The second kappa shape index (κ2) is 6.07. The zero-order chi connectivity index (χ0) is 14.0. The maximum absolute atomic E-state index is 5.62. The number of benzene rings is 1. The van der Waals surface area contributed by atoms with Crippen molar-refractivity contribution in [3.63, 3.8) is 0 Å². The molecule has 0 amide bonds. The van der Waals surface area contributed by atoms with Crippen molar-refractivity contribution < 1.29 is 4.74 Å². The molecule has 0 saturated carbocycles. The molecule has 2 rings (SSSR count). The first-order valence-corrected chi connectivity index (χ1v) is 7.81. The first-order valence-electron chi connectivity index (χ1n) is 6.13. The van der Waals surface area contributed by atoms with Crippen LogP contribution in [0.2, 0.25) is 0 Å². The largest absolute Gasteiger partial charge is 0.496 e. The van der Waals surface area contributed by atoms with Gasteiger partial charge >= 0.3 is 0 Å². The number of ether oxygens (including phenoxy) is 1. The summed E-state index contributed by atoms with van der Waals surface area (Å²) in [6.07, 6.45) is 0. The Kier molecular flexibility index (Phi) is 4.66. The van der Waals surface area contributed by atoms with Crippen molar-refractivity contribution in [2.24, 2.45) is 0 Å². The summed E-state index contributed by atoms with van der Waals surface area (Å²) < 4.78 is 6.74. The van der Waals surface area contributed by atoms with Crippen LogP contribution in [0.1, 0.15) is 27.6 Å². The van der Waals surface area contributed by atoms with Gasteiger partial charge in [-0.3, -0.25) is 0 Å². The number of nitrogens with one attached hydrogen (secondary N) is 1. The molecule has 1 aromatic heterocycles. The predicted molar refractivity (Wildman–Crippen MR) is 85.4 cm³/mol. The van der Waals surface area contributed by atoms with E-state index in [1.165, 1.54) is 21.6 Å². The van der Waals surface area contributed by atoms with Crippen molar-refractivity contribution in [1.29, 1.82) is 0 Å². The van der Waals surface area contributed by atoms with Gasteiger partial charge in [-0.05, 0) is 54.0 Å². The average Bonchev–Trinajstić information content (AvgIpc) is 2.81. The fourth-order valence-corrected chi connectivity index (χ4v) is 3.81. The molecule has 1 N–H and O–H groups in total. The van der Waals surface area contributed by atoms with E-state index in [0.717, 1.165) is 10.2 Å². The minimum atomic E-state index is 0.158. The Bertz CT molecular complexity index is 580. The number of rotatable bonds is 4. The zero-order valence-electron chi connectivity index (χ0n) is 11.6. The van der Waals surface area contributed by atoms with E-state index < -0.39 is 0 Å². The van der Waals surface area contributed by atoms with Crippen molar-refractivity contribution in [3.8, 4) is 5.75 Å². The normalized spacial score (nSPS) is 12.5. The predicted octanol–water partition coefficient (Wildman–Crippen LogP) is 4.44. The SMILES string of the molecule is CNC(c1cc(Br)cs1)c1ccc(C)c(C)c1OC. The van der Waals surface area contributed by atoms with E-state index in [0.29, 0.717) is 0 Å². The minimum absolute atomic E-state index is 0.158. The van der Waals surface area contributed by atoms with Gasteiger partial charge in [0.25, 0.3) is 0 Å². The number of aryl methyl sites for hydroxylation is 1. The highest BCUT2D eigenvalue weighted by molar-refractivity contribution is 9.10. The van der Waals surface area contributed by atoms with Crippen LogP contribution in [-0.4, -0.2) is 14.2 Å². The lowest BCUT2D eigenvalue weighted by atomic mass is 9.98. The molecular formula is C15H18BrNOS. The molecule has 1 heterocycles. The number of hydrogen-bond donors (Lipinski definition) is 1. The lowest BCUT2D eigenvalue weighted by molar-refractivity contribution is 0.402. The second-order valence-electron chi connectivity index (χ2n) is 4.52. The number of halogens is 1. The molecule has 1 atom stereocenters. The van der Waals surface area contributed by atoms with Crippen molar-refractivity contribution in [1.82, 2.24) is 5.32 Å². The van der Waals surface area contributed by atoms with E-state index in [1.807, 2.05) is 7.05 Å². The van der Waals surface area contributed by atoms with Gasteiger partial charge in [-0.2, -0.15) is 0 Å². The molecule has 2 nitrogen and oxygen atoms in total. The summed E-state index contributed by atoms with van der Waals surface area (Å²) in [5.74, 6) is 0.976. The summed E-state index contributed by atoms with van der Waals surface area (Å²) in [4.78, 5) is 1.27. The molecule has 0 fully saturated rings. The van der Waals surface area contributed by atoms with Crippen LogP contribution in [0.5, 0.6) is 5.75 Å². The van der Waals surface area contributed by atoms with E-state index in [9.17, 15) is 0 Å². The summed E-state index contributed by atoms with van der Waals surface area (Å²) in [6, 6.07) is 6.61. The summed E-state index contributed by atoms with van der Waals surface area (Å²) in [7, 11) is 3.72. The van der Waals surface area contributed by atoms with Gasteiger partial charge in [0.2, 0.25) is 0 Å². The third-order valence-electron chi connectivity index (χ3n) is 3.38. The van der Waals surface area contributed by atoms with Crippen LogP contribution in [0.4, 0.5) is 0 Å². The lowest BCUT2D eigenvalue weighted by Gasteiger charge is -2.20. The Morgan fingerprint density at radius 3 is 2.58 bits per heavy atom. The van der Waals surface area contributed by atoms with Crippen LogP contribution in [0, 0.1) is 13.8 Å². The Morgan fingerprint density at radius 2 is 2.05 bits per heavy atom. The molecule has 0 aliphatic carbocycles. The van der Waals surface area contributed by atoms with Gasteiger partial charge in [-0.1, -0.05) is 12.1 Å². The Morgan fingerprint density at radius 1 is 1.32 bits per heavy atom. The fraction of sp³-hybridized carbons (Fsp3) is 0.333. The van der Waals surface area contributed by atoms with Crippen molar-refractivity contribution >= 4 is 27.3 Å². The number of thiophene rings is 1. The Labute approximate surface area is 126 Å². The minimum Gasteiger partial charge on any atom is -0.496 e. The molecule has 1 aromatic carbocycles. The third kappa shape index (κ3) is 2.86. The molecule has 0 saturated heterocycles. The highest BCUT2D eigenvalue weighted by Crippen LogP contribution is 2.36. The number of hydrogen-bond acceptors (Lipinski definition) is 3. The summed E-state index contributed by atoms with van der Waals surface area (Å²) in [5.41, 5.74) is 3.64. The standard InChI is InChI=1S/C15H18BrNOS/c1-9-5-6-12(15(18-4)10(9)2)14(17-3)13-7-11(16)8-19-13/h5-8,14,17H,1-4H3. The monoisotopic (exact) mass is 339 g/mol. The molecule has 0 aliphatic rings. The second-order valence-corrected chi connectivity index (χ2v) is 6.38. The molecule has 0 aliphatic heterocycles. The molecule has 1 unspecified atom stereocenters. The maximum atomic E-state index is 5.62. The van der Waals surface area contributed by atoms with E-state index >= 15 is 0 Å². The first kappa shape index (κ1) is 14.6. The lowest BCUT2D eigenvalue weighted by Crippen LogP contribution is -2.17. The van der Waals surface area contributed by atoms with Crippen LogP contribution < -0.4 is 10.1 Å². The van der Waals surface area contributed by atoms with Gasteiger partial charge in [-0.15, -0.1) is 11.3 Å². The van der Waals surface area contributed by atoms with E-state index in [2.05, 4.69) is 58.7 Å². The number of methoxy groups -OCH3 is 1. The summed E-state index contributed by atoms with van der Waals surface area (Å²) in [5, 5.41) is 5.48. The van der Waals surface area contributed by atoms with Crippen LogP contribution in [0.15, 0.2) is 28.1 Å². The Hall–Kier alpha value is -0.840. The van der Waals surface area contributed by atoms with Gasteiger partial charge in [0.15, 0.2) is 0 Å². The smallest absolute Gasteiger partial charge is 0.127 e. The molecular weight excluding hydrogens is 322 g/mol. The topological polar surface area (TPSA) is 21.3 Å². The summed E-state index contributed by atoms with van der Waals surface area (Å²) >= 11 is 5.26. The Balaban J connectivity index is 2.52. The van der Waals surface area contributed by atoms with Crippen molar-refractivity contribution in [2.75, 3.05) is 14.2 Å². The first-order chi connectivity index (χ1) is 9.08. The highest BCUT2D eigenvalue weighted by atomic mass is 79.9. The van der Waals surface area contributed by atoms with Crippen LogP contribution in [-0.2, 0) is 0 Å². The van der Waals surface area contributed by atoms with E-state index in [1.54, 1.807) is 18.4 Å². The quantitative estimate of drug-likeness (QED) is 0.888. The van der Waals surface area contributed by atoms with Crippen LogP contribution >= 0.6 is 27.3 Å². The van der Waals surface area contributed by atoms with Crippen molar-refractivity contribution in [3.05, 3.63) is 49.6 Å². The van der Waals surface area contributed by atoms with Crippen LogP contribution in [0.25, 0.3) is 0 Å². The average molecular weight is 340 g/mol. The molecule has 102 valence electrons. The zero-order valence-corrected chi connectivity index (χ0v) is 14.0. The molecule has 2 aromatic rings. The molecule has 0 bridgehead atoms. The molecule has 0 radical (unpaired) electrons. The van der Waals surface area contributed by atoms with Gasteiger partial charge in [0, 0.05) is 20.3 Å². The maximum Gasteiger partial charge on any atom is 0.127 e. The van der Waals surface area contributed by atoms with Crippen molar-refractivity contribution in [2.45, 2.75) is 19.9 Å².